The van der Waals surface area contributed by atoms with Gasteiger partial charge in [-0.25, -0.2) is 0 Å². The highest BCUT2D eigenvalue weighted by atomic mass is 16.5. The minimum atomic E-state index is -0.674. The molecule has 0 aliphatic rings. The van der Waals surface area contributed by atoms with Crippen LogP contribution in [0.1, 0.15) is 30.6 Å². The van der Waals surface area contributed by atoms with Crippen molar-refractivity contribution in [2.24, 2.45) is 5.92 Å². The van der Waals surface area contributed by atoms with Gasteiger partial charge in [-0.1, -0.05) is 19.9 Å². The summed E-state index contributed by atoms with van der Waals surface area (Å²) in [5.74, 6) is 0.0913. The summed E-state index contributed by atoms with van der Waals surface area (Å²) in [5, 5.41) is 13.7. The highest BCUT2D eigenvalue weighted by Gasteiger charge is 2.22. The number of nitriles is 1. The van der Waals surface area contributed by atoms with Crippen molar-refractivity contribution in [3.63, 3.8) is 0 Å². The molecule has 0 saturated carbocycles. The zero-order valence-electron chi connectivity index (χ0n) is 13.1. The van der Waals surface area contributed by atoms with Gasteiger partial charge in [-0.05, 0) is 30.5 Å². The van der Waals surface area contributed by atoms with E-state index in [2.05, 4.69) is 10.6 Å². The van der Waals surface area contributed by atoms with Crippen molar-refractivity contribution in [3.05, 3.63) is 29.8 Å². The number of amides is 2. The third kappa shape index (κ3) is 5.44. The van der Waals surface area contributed by atoms with Crippen LogP contribution in [0, 0.1) is 17.2 Å². The van der Waals surface area contributed by atoms with E-state index >= 15 is 0 Å². The van der Waals surface area contributed by atoms with Crippen molar-refractivity contribution in [2.45, 2.75) is 26.3 Å². The Morgan fingerprint density at radius 3 is 2.68 bits per heavy atom. The number of hydrogen-bond acceptors (Lipinski definition) is 4. The lowest BCUT2D eigenvalue weighted by Crippen LogP contribution is -2.47. The monoisotopic (exact) mass is 303 g/mol. The van der Waals surface area contributed by atoms with Crippen molar-refractivity contribution < 1.29 is 14.3 Å². The zero-order chi connectivity index (χ0) is 16.5. The first-order valence-electron chi connectivity index (χ1n) is 7.07. The molecular formula is C16H21N3O3. The van der Waals surface area contributed by atoms with Gasteiger partial charge in [0.05, 0.1) is 13.2 Å². The Morgan fingerprint density at radius 2 is 2.09 bits per heavy atom. The third-order valence-corrected chi connectivity index (χ3v) is 3.00. The second-order valence-electron chi connectivity index (χ2n) is 5.26. The van der Waals surface area contributed by atoms with Crippen LogP contribution >= 0.6 is 0 Å². The predicted molar refractivity (Wildman–Crippen MR) is 82.3 cm³/mol. The first kappa shape index (κ1) is 17.5. The van der Waals surface area contributed by atoms with Crippen LogP contribution in [-0.2, 0) is 4.79 Å². The molecule has 1 rings (SSSR count). The van der Waals surface area contributed by atoms with Crippen LogP contribution in [-0.4, -0.2) is 31.5 Å². The van der Waals surface area contributed by atoms with E-state index in [1.54, 1.807) is 24.3 Å². The fraction of sp³-hybridized carbons (Fsp3) is 0.438. The van der Waals surface area contributed by atoms with E-state index < -0.39 is 6.04 Å². The smallest absolute Gasteiger partial charge is 0.252 e. The number of carbonyl (C=O) groups excluding carboxylic acids is 2. The minimum absolute atomic E-state index is 0.0809. The predicted octanol–water partition coefficient (Wildman–Crippen LogP) is 1.48. The molecule has 0 heterocycles. The number of benzene rings is 1. The summed E-state index contributed by atoms with van der Waals surface area (Å²) in [6.07, 6.45) is 0.493. The molecule has 1 unspecified atom stereocenters. The number of nitrogens with zero attached hydrogens (tertiary/aromatic N) is 1. The van der Waals surface area contributed by atoms with E-state index in [1.165, 1.54) is 7.11 Å². The van der Waals surface area contributed by atoms with Gasteiger partial charge in [0.25, 0.3) is 5.91 Å². The zero-order valence-corrected chi connectivity index (χ0v) is 13.1. The molecule has 0 aromatic heterocycles. The fourth-order valence-corrected chi connectivity index (χ4v) is 1.96. The Bertz CT molecular complexity index is 564. The van der Waals surface area contributed by atoms with Crippen molar-refractivity contribution in [3.8, 4) is 11.8 Å². The molecule has 0 saturated heterocycles. The molecule has 0 aliphatic heterocycles. The summed E-state index contributed by atoms with van der Waals surface area (Å²) >= 11 is 0. The number of rotatable bonds is 7. The number of methoxy groups -OCH3 is 1. The largest absolute Gasteiger partial charge is 0.497 e. The minimum Gasteiger partial charge on any atom is -0.497 e. The Labute approximate surface area is 130 Å². The van der Waals surface area contributed by atoms with Gasteiger partial charge in [0.1, 0.15) is 18.3 Å². The van der Waals surface area contributed by atoms with Gasteiger partial charge in [-0.3, -0.25) is 9.59 Å². The Kier molecular flexibility index (Phi) is 6.90. The molecule has 0 radical (unpaired) electrons. The molecular weight excluding hydrogens is 282 g/mol. The average Bonchev–Trinajstić information content (AvgIpc) is 2.51. The fourth-order valence-electron chi connectivity index (χ4n) is 1.96. The topological polar surface area (TPSA) is 91.2 Å². The number of hydrogen-bond donors (Lipinski definition) is 2. The third-order valence-electron chi connectivity index (χ3n) is 3.00. The maximum absolute atomic E-state index is 12.3. The Hall–Kier alpha value is -2.55. The summed E-state index contributed by atoms with van der Waals surface area (Å²) in [6.45, 7) is 3.84. The van der Waals surface area contributed by atoms with E-state index in [1.807, 2.05) is 19.9 Å². The van der Waals surface area contributed by atoms with Crippen molar-refractivity contribution in [1.29, 1.82) is 5.26 Å². The first-order chi connectivity index (χ1) is 10.5. The second kappa shape index (κ2) is 8.67. The van der Waals surface area contributed by atoms with Gasteiger partial charge in [0, 0.05) is 5.56 Å². The van der Waals surface area contributed by atoms with Crippen LogP contribution in [0.2, 0.25) is 0 Å². The van der Waals surface area contributed by atoms with Crippen LogP contribution in [0.4, 0.5) is 0 Å². The van der Waals surface area contributed by atoms with Crippen molar-refractivity contribution in [2.75, 3.05) is 13.7 Å². The standard InChI is InChI=1S/C16H21N3O3/c1-11(2)9-14(16(21)18-8-7-17)19-15(20)12-5-4-6-13(10-12)22-3/h4-6,10-11,14H,8-9H2,1-3H3,(H,18,21)(H,19,20). The quantitative estimate of drug-likeness (QED) is 0.746. The van der Waals surface area contributed by atoms with Crippen LogP contribution < -0.4 is 15.4 Å². The van der Waals surface area contributed by atoms with E-state index in [9.17, 15) is 9.59 Å². The van der Waals surface area contributed by atoms with Crippen molar-refractivity contribution >= 4 is 11.8 Å². The lowest BCUT2D eigenvalue weighted by Gasteiger charge is -2.19. The van der Waals surface area contributed by atoms with Gasteiger partial charge in [-0.15, -0.1) is 0 Å². The summed E-state index contributed by atoms with van der Waals surface area (Å²) in [6, 6.07) is 7.88. The van der Waals surface area contributed by atoms with Crippen LogP contribution in [0.5, 0.6) is 5.75 Å². The number of ether oxygens (including phenoxy) is 1. The molecule has 1 aromatic carbocycles. The summed E-state index contributed by atoms with van der Waals surface area (Å²) in [4.78, 5) is 24.3. The summed E-state index contributed by atoms with van der Waals surface area (Å²) in [5.41, 5.74) is 0.418. The maximum Gasteiger partial charge on any atom is 0.252 e. The van der Waals surface area contributed by atoms with E-state index in [-0.39, 0.29) is 24.3 Å². The number of nitrogens with one attached hydrogen (secondary N) is 2. The highest BCUT2D eigenvalue weighted by Crippen LogP contribution is 2.13. The normalized spacial score (nSPS) is 11.4. The number of carbonyl (C=O) groups is 2. The molecule has 22 heavy (non-hydrogen) atoms. The average molecular weight is 303 g/mol. The Balaban J connectivity index is 2.81. The molecule has 0 spiro atoms. The van der Waals surface area contributed by atoms with E-state index in [0.717, 1.165) is 0 Å². The van der Waals surface area contributed by atoms with E-state index in [0.29, 0.717) is 17.7 Å². The van der Waals surface area contributed by atoms with Crippen LogP contribution in [0.3, 0.4) is 0 Å². The molecule has 1 atom stereocenters. The lowest BCUT2D eigenvalue weighted by molar-refractivity contribution is -0.123. The molecule has 0 bridgehead atoms. The van der Waals surface area contributed by atoms with Gasteiger partial charge in [-0.2, -0.15) is 5.26 Å². The summed E-state index contributed by atoms with van der Waals surface area (Å²) in [7, 11) is 1.52. The molecule has 1 aromatic rings. The molecule has 2 amide bonds. The molecule has 118 valence electrons. The molecule has 6 nitrogen and oxygen atoms in total. The van der Waals surface area contributed by atoms with E-state index in [4.69, 9.17) is 10.00 Å². The molecule has 0 fully saturated rings. The van der Waals surface area contributed by atoms with Gasteiger partial charge in [0.15, 0.2) is 0 Å². The highest BCUT2D eigenvalue weighted by molar-refractivity contribution is 5.97. The van der Waals surface area contributed by atoms with Gasteiger partial charge < -0.3 is 15.4 Å². The SMILES string of the molecule is COc1cccc(C(=O)NC(CC(C)C)C(=O)NCC#N)c1. The Morgan fingerprint density at radius 1 is 1.36 bits per heavy atom. The first-order valence-corrected chi connectivity index (χ1v) is 7.07. The molecule has 2 N–H and O–H groups in total. The van der Waals surface area contributed by atoms with Gasteiger partial charge in [0.2, 0.25) is 5.91 Å². The van der Waals surface area contributed by atoms with Crippen LogP contribution in [0.25, 0.3) is 0 Å². The molecule has 0 aliphatic carbocycles. The molecule has 6 heteroatoms. The van der Waals surface area contributed by atoms with Crippen molar-refractivity contribution in [1.82, 2.24) is 10.6 Å². The summed E-state index contributed by atoms with van der Waals surface area (Å²) < 4.78 is 5.08. The second-order valence-corrected chi connectivity index (χ2v) is 5.26. The van der Waals surface area contributed by atoms with Crippen LogP contribution in [0.15, 0.2) is 24.3 Å². The lowest BCUT2D eigenvalue weighted by atomic mass is 10.0. The van der Waals surface area contributed by atoms with Gasteiger partial charge >= 0.3 is 0 Å². The maximum atomic E-state index is 12.3.